The lowest BCUT2D eigenvalue weighted by Crippen LogP contribution is -2.35. The molecule has 3 aromatic rings. The second-order valence-electron chi connectivity index (χ2n) is 6.35. The van der Waals surface area contributed by atoms with Gasteiger partial charge in [0.1, 0.15) is 11.8 Å². The molecule has 156 valence electrons. The molecular weight excluding hydrogens is 388 g/mol. The molecular formula is C21H21N4O5-. The molecule has 0 atom stereocenters. The molecule has 0 radical (unpaired) electrons. The number of carbonyl (C=O) groups is 2. The summed E-state index contributed by atoms with van der Waals surface area (Å²) < 4.78 is 6.86. The Hall–Kier alpha value is -3.85. The SMILES string of the molecule is COc1ccc(-n2nc(C(=O)N(C)OC)cc2-c2ccc(CNC(=O)[O-])cc2)cc1. The molecule has 0 aliphatic rings. The highest BCUT2D eigenvalue weighted by Crippen LogP contribution is 2.26. The third kappa shape index (κ3) is 4.58. The zero-order chi connectivity index (χ0) is 21.7. The van der Waals surface area contributed by atoms with Crippen LogP contribution < -0.4 is 15.2 Å². The Bertz CT molecular complexity index is 1030. The quantitative estimate of drug-likeness (QED) is 0.594. The van der Waals surface area contributed by atoms with Gasteiger partial charge in [0.05, 0.1) is 25.6 Å². The summed E-state index contributed by atoms with van der Waals surface area (Å²) in [5.74, 6) is 0.313. The molecule has 0 unspecified atom stereocenters. The van der Waals surface area contributed by atoms with Gasteiger partial charge in [-0.05, 0) is 35.9 Å². The number of methoxy groups -OCH3 is 1. The van der Waals surface area contributed by atoms with Crippen LogP contribution in [-0.4, -0.2) is 48.1 Å². The van der Waals surface area contributed by atoms with Gasteiger partial charge in [-0.1, -0.05) is 24.3 Å². The van der Waals surface area contributed by atoms with E-state index in [4.69, 9.17) is 9.57 Å². The summed E-state index contributed by atoms with van der Waals surface area (Å²) in [5, 5.41) is 18.4. The zero-order valence-corrected chi connectivity index (χ0v) is 16.8. The smallest absolute Gasteiger partial charge is 0.297 e. The third-order valence-corrected chi connectivity index (χ3v) is 4.49. The van der Waals surface area contributed by atoms with Crippen LogP contribution >= 0.6 is 0 Å². The number of carbonyl (C=O) groups excluding carboxylic acids is 2. The number of carboxylic acid groups (broad SMARTS) is 1. The van der Waals surface area contributed by atoms with Crippen molar-refractivity contribution in [2.45, 2.75) is 6.54 Å². The molecule has 9 nitrogen and oxygen atoms in total. The normalized spacial score (nSPS) is 10.5. The summed E-state index contributed by atoms with van der Waals surface area (Å²) >= 11 is 0. The molecule has 0 aliphatic carbocycles. The van der Waals surface area contributed by atoms with E-state index < -0.39 is 6.09 Å². The third-order valence-electron chi connectivity index (χ3n) is 4.49. The van der Waals surface area contributed by atoms with Gasteiger partial charge in [0, 0.05) is 19.2 Å². The van der Waals surface area contributed by atoms with Crippen molar-refractivity contribution in [1.29, 1.82) is 0 Å². The highest BCUT2D eigenvalue weighted by molar-refractivity contribution is 5.92. The van der Waals surface area contributed by atoms with Crippen molar-refractivity contribution in [2.24, 2.45) is 0 Å². The molecule has 2 amide bonds. The summed E-state index contributed by atoms with van der Waals surface area (Å²) in [6.07, 6.45) is -1.33. The first kappa shape index (κ1) is 20.9. The second-order valence-corrected chi connectivity index (χ2v) is 6.35. The second kappa shape index (κ2) is 9.10. The van der Waals surface area contributed by atoms with Gasteiger partial charge in [-0.25, -0.2) is 9.75 Å². The van der Waals surface area contributed by atoms with Gasteiger partial charge < -0.3 is 20.0 Å². The Labute approximate surface area is 173 Å². The van der Waals surface area contributed by atoms with E-state index >= 15 is 0 Å². The van der Waals surface area contributed by atoms with E-state index in [1.165, 1.54) is 14.2 Å². The van der Waals surface area contributed by atoms with Gasteiger partial charge in [-0.15, -0.1) is 0 Å². The monoisotopic (exact) mass is 409 g/mol. The highest BCUT2D eigenvalue weighted by atomic mass is 16.7. The largest absolute Gasteiger partial charge is 0.530 e. The highest BCUT2D eigenvalue weighted by Gasteiger charge is 2.20. The predicted octanol–water partition coefficient (Wildman–Crippen LogP) is 1.61. The number of rotatable bonds is 7. The van der Waals surface area contributed by atoms with E-state index in [0.717, 1.165) is 21.9 Å². The molecule has 0 bridgehead atoms. The summed E-state index contributed by atoms with van der Waals surface area (Å²) in [4.78, 5) is 28.1. The van der Waals surface area contributed by atoms with Crippen molar-refractivity contribution in [2.75, 3.05) is 21.3 Å². The Balaban J connectivity index is 2.01. The van der Waals surface area contributed by atoms with Gasteiger partial charge in [0.25, 0.3) is 5.91 Å². The van der Waals surface area contributed by atoms with Crippen LogP contribution in [0.15, 0.2) is 54.6 Å². The van der Waals surface area contributed by atoms with Crippen LogP contribution in [-0.2, 0) is 11.4 Å². The summed E-state index contributed by atoms with van der Waals surface area (Å²) in [6, 6.07) is 16.2. The van der Waals surface area contributed by atoms with Crippen LogP contribution in [0.4, 0.5) is 4.79 Å². The Morgan fingerprint density at radius 3 is 2.33 bits per heavy atom. The minimum Gasteiger partial charge on any atom is -0.530 e. The van der Waals surface area contributed by atoms with Crippen LogP contribution in [0.25, 0.3) is 16.9 Å². The topological polar surface area (TPSA) is 109 Å². The number of amides is 2. The van der Waals surface area contributed by atoms with E-state index in [1.807, 2.05) is 24.3 Å². The Kier molecular flexibility index (Phi) is 6.33. The first-order valence-corrected chi connectivity index (χ1v) is 9.03. The fourth-order valence-corrected chi connectivity index (χ4v) is 2.82. The maximum Gasteiger partial charge on any atom is 0.297 e. The van der Waals surface area contributed by atoms with E-state index in [-0.39, 0.29) is 18.1 Å². The average Bonchev–Trinajstić information content (AvgIpc) is 3.22. The maximum absolute atomic E-state index is 12.5. The number of nitrogens with one attached hydrogen (secondary N) is 1. The van der Waals surface area contributed by atoms with E-state index in [1.54, 1.807) is 42.1 Å². The molecule has 0 spiro atoms. The van der Waals surface area contributed by atoms with Crippen LogP contribution in [0.2, 0.25) is 0 Å². The van der Waals surface area contributed by atoms with E-state index in [0.29, 0.717) is 11.4 Å². The first-order chi connectivity index (χ1) is 14.4. The van der Waals surface area contributed by atoms with E-state index in [9.17, 15) is 14.7 Å². The number of ether oxygens (including phenoxy) is 1. The van der Waals surface area contributed by atoms with Crippen molar-refractivity contribution >= 4 is 12.0 Å². The summed E-state index contributed by atoms with van der Waals surface area (Å²) in [7, 11) is 4.49. The average molecular weight is 409 g/mol. The minimum absolute atomic E-state index is 0.142. The number of hydrogen-bond donors (Lipinski definition) is 1. The van der Waals surface area contributed by atoms with Crippen LogP contribution in [0.1, 0.15) is 16.1 Å². The van der Waals surface area contributed by atoms with Crippen molar-refractivity contribution in [1.82, 2.24) is 20.2 Å². The van der Waals surface area contributed by atoms with Crippen molar-refractivity contribution < 1.29 is 24.3 Å². The molecule has 1 N–H and O–H groups in total. The zero-order valence-electron chi connectivity index (χ0n) is 16.8. The summed E-state index contributed by atoms with van der Waals surface area (Å²) in [5.41, 5.74) is 3.22. The maximum atomic E-state index is 12.5. The van der Waals surface area contributed by atoms with Crippen LogP contribution in [0.5, 0.6) is 5.75 Å². The number of aromatic nitrogens is 2. The number of benzene rings is 2. The van der Waals surface area contributed by atoms with Crippen molar-refractivity contribution in [3.63, 3.8) is 0 Å². The van der Waals surface area contributed by atoms with Gasteiger partial charge in [0.15, 0.2) is 5.69 Å². The Morgan fingerprint density at radius 1 is 1.10 bits per heavy atom. The molecule has 1 heterocycles. The van der Waals surface area contributed by atoms with Crippen molar-refractivity contribution in [3.05, 3.63) is 65.9 Å². The molecule has 3 rings (SSSR count). The van der Waals surface area contributed by atoms with Crippen LogP contribution in [0, 0.1) is 0 Å². The molecule has 30 heavy (non-hydrogen) atoms. The number of nitrogens with zero attached hydrogens (tertiary/aromatic N) is 3. The van der Waals surface area contributed by atoms with Gasteiger partial charge in [0.2, 0.25) is 0 Å². The number of hydroxylamine groups is 2. The fraction of sp³-hybridized carbons (Fsp3) is 0.190. The van der Waals surface area contributed by atoms with Gasteiger partial charge >= 0.3 is 0 Å². The molecule has 1 aromatic heterocycles. The van der Waals surface area contributed by atoms with Gasteiger partial charge in [-0.2, -0.15) is 5.10 Å². The molecule has 0 saturated heterocycles. The van der Waals surface area contributed by atoms with E-state index in [2.05, 4.69) is 10.4 Å². The van der Waals surface area contributed by atoms with Crippen LogP contribution in [0.3, 0.4) is 0 Å². The lowest BCUT2D eigenvalue weighted by Gasteiger charge is -2.11. The standard InChI is InChI=1S/C21H22N4O5/c1-24(30-3)20(26)18-12-19(15-6-4-14(5-7-15)13-22-21(27)28)25(23-18)16-8-10-17(29-2)11-9-16/h4-12,22H,13H2,1-3H3,(H,27,28)/p-1. The molecule has 2 aromatic carbocycles. The lowest BCUT2D eigenvalue weighted by molar-refractivity contribution is -0.251. The molecule has 0 fully saturated rings. The minimum atomic E-state index is -1.33. The Morgan fingerprint density at radius 2 is 1.77 bits per heavy atom. The van der Waals surface area contributed by atoms with Gasteiger partial charge in [-0.3, -0.25) is 9.63 Å². The predicted molar refractivity (Wildman–Crippen MR) is 107 cm³/mol. The molecule has 9 heteroatoms. The molecule has 0 saturated carbocycles. The fourth-order valence-electron chi connectivity index (χ4n) is 2.82. The molecule has 0 aliphatic heterocycles. The lowest BCUT2D eigenvalue weighted by atomic mass is 10.1. The summed E-state index contributed by atoms with van der Waals surface area (Å²) in [6.45, 7) is 0.142. The van der Waals surface area contributed by atoms with Crippen molar-refractivity contribution in [3.8, 4) is 22.7 Å². The first-order valence-electron chi connectivity index (χ1n) is 9.03. The number of hydrogen-bond acceptors (Lipinski definition) is 6.